The molecule has 0 unspecified atom stereocenters. The van der Waals surface area contributed by atoms with Crippen molar-refractivity contribution in [1.29, 1.82) is 0 Å². The van der Waals surface area contributed by atoms with Crippen molar-refractivity contribution in [3.63, 3.8) is 0 Å². The highest BCUT2D eigenvalue weighted by molar-refractivity contribution is 7.12. The van der Waals surface area contributed by atoms with Crippen molar-refractivity contribution in [1.82, 2.24) is 5.32 Å². The van der Waals surface area contributed by atoms with Gasteiger partial charge in [0.2, 0.25) is 0 Å². The molecule has 0 aliphatic carbocycles. The molecule has 0 bridgehead atoms. The van der Waals surface area contributed by atoms with Gasteiger partial charge in [-0.3, -0.25) is 0 Å². The number of unbranched alkanes of at least 4 members (excludes halogenated alkanes) is 3. The minimum absolute atomic E-state index is 0.264. The van der Waals surface area contributed by atoms with Gasteiger partial charge in [0.15, 0.2) is 0 Å². The van der Waals surface area contributed by atoms with Gasteiger partial charge in [-0.25, -0.2) is 0 Å². The van der Waals surface area contributed by atoms with Crippen LogP contribution < -0.4 is 5.32 Å². The smallest absolute Gasteiger partial charge is 0.0102 e. The van der Waals surface area contributed by atoms with Crippen molar-refractivity contribution >= 4 is 11.3 Å². The maximum atomic E-state index is 3.55. The third-order valence-electron chi connectivity index (χ3n) is 3.41. The van der Waals surface area contributed by atoms with Crippen molar-refractivity contribution in [3.8, 4) is 0 Å². The molecule has 0 saturated heterocycles. The average molecular weight is 296 g/mol. The maximum absolute atomic E-state index is 3.55. The van der Waals surface area contributed by atoms with Crippen LogP contribution in [0.1, 0.15) is 77.0 Å². The third-order valence-corrected chi connectivity index (χ3v) is 4.98. The Morgan fingerprint density at radius 2 is 1.55 bits per heavy atom. The molecule has 0 aliphatic heterocycles. The second-order valence-electron chi connectivity index (χ2n) is 7.86. The Kier molecular flexibility index (Phi) is 6.74. The SMILES string of the molecule is CC(C)(C)NCCCCCCc1ccc(C(C)(C)C)s1. The molecule has 0 aromatic carbocycles. The number of thiophene rings is 1. The zero-order valence-corrected chi connectivity index (χ0v) is 15.1. The zero-order chi connectivity index (χ0) is 15.2. The lowest BCUT2D eigenvalue weighted by Gasteiger charge is -2.20. The normalized spacial score (nSPS) is 12.9. The minimum atomic E-state index is 0.264. The summed E-state index contributed by atoms with van der Waals surface area (Å²) < 4.78 is 0. The van der Waals surface area contributed by atoms with Crippen LogP contribution in [0.2, 0.25) is 0 Å². The Morgan fingerprint density at radius 1 is 0.900 bits per heavy atom. The lowest BCUT2D eigenvalue weighted by Crippen LogP contribution is -2.36. The molecule has 1 rings (SSSR count). The summed E-state index contributed by atoms with van der Waals surface area (Å²) >= 11 is 2.00. The van der Waals surface area contributed by atoms with Crippen LogP contribution in [0.4, 0.5) is 0 Å². The number of aryl methyl sites for hydroxylation is 1. The average Bonchev–Trinajstić information content (AvgIpc) is 2.74. The fourth-order valence-corrected chi connectivity index (χ4v) is 3.26. The van der Waals surface area contributed by atoms with E-state index in [9.17, 15) is 0 Å². The van der Waals surface area contributed by atoms with Gasteiger partial charge < -0.3 is 5.32 Å². The molecule has 20 heavy (non-hydrogen) atoms. The summed E-state index contributed by atoms with van der Waals surface area (Å²) in [7, 11) is 0. The van der Waals surface area contributed by atoms with Gasteiger partial charge in [0.05, 0.1) is 0 Å². The zero-order valence-electron chi connectivity index (χ0n) is 14.3. The van der Waals surface area contributed by atoms with Crippen LogP contribution in [0.3, 0.4) is 0 Å². The van der Waals surface area contributed by atoms with Gasteiger partial charge >= 0.3 is 0 Å². The van der Waals surface area contributed by atoms with E-state index in [-0.39, 0.29) is 5.54 Å². The molecule has 0 fully saturated rings. The predicted octanol–water partition coefficient (Wildman–Crippen LogP) is 5.54. The highest BCUT2D eigenvalue weighted by atomic mass is 32.1. The third kappa shape index (κ3) is 7.44. The first kappa shape index (κ1) is 17.7. The molecule has 2 heteroatoms. The monoisotopic (exact) mass is 295 g/mol. The molecule has 0 amide bonds. The summed E-state index contributed by atoms with van der Waals surface area (Å²) in [4.78, 5) is 3.07. The first-order valence-electron chi connectivity index (χ1n) is 8.03. The first-order valence-corrected chi connectivity index (χ1v) is 8.84. The number of hydrogen-bond donors (Lipinski definition) is 1. The lowest BCUT2D eigenvalue weighted by atomic mass is 9.95. The van der Waals surface area contributed by atoms with E-state index in [0.717, 1.165) is 6.54 Å². The van der Waals surface area contributed by atoms with Crippen LogP contribution >= 0.6 is 11.3 Å². The summed E-state index contributed by atoms with van der Waals surface area (Å²) in [6.45, 7) is 14.7. The van der Waals surface area contributed by atoms with Crippen LogP contribution in [0, 0.1) is 0 Å². The van der Waals surface area contributed by atoms with E-state index in [4.69, 9.17) is 0 Å². The molecule has 1 nitrogen and oxygen atoms in total. The Labute approximate surface area is 130 Å². The standard InChI is InChI=1S/C18H33NS/c1-17(2,3)16-13-12-15(20-16)11-9-7-8-10-14-19-18(4,5)6/h12-13,19H,7-11,14H2,1-6H3. The number of nitrogens with one attached hydrogen (secondary N) is 1. The molecule has 0 spiro atoms. The van der Waals surface area contributed by atoms with Gasteiger partial charge in [-0.2, -0.15) is 0 Å². The fraction of sp³-hybridized carbons (Fsp3) is 0.778. The van der Waals surface area contributed by atoms with Gasteiger partial charge in [0.1, 0.15) is 0 Å². The Morgan fingerprint density at radius 3 is 2.10 bits per heavy atom. The van der Waals surface area contributed by atoms with E-state index in [1.807, 2.05) is 11.3 Å². The maximum Gasteiger partial charge on any atom is 0.0102 e. The van der Waals surface area contributed by atoms with Gasteiger partial charge in [-0.05, 0) is 64.1 Å². The summed E-state index contributed by atoms with van der Waals surface area (Å²) in [5.41, 5.74) is 0.571. The molecule has 0 radical (unpaired) electrons. The van der Waals surface area contributed by atoms with Crippen molar-refractivity contribution < 1.29 is 0 Å². The molecule has 1 aromatic heterocycles. The molecule has 0 aliphatic rings. The highest BCUT2D eigenvalue weighted by Crippen LogP contribution is 2.30. The van der Waals surface area contributed by atoms with Crippen molar-refractivity contribution in [3.05, 3.63) is 21.9 Å². The summed E-state index contributed by atoms with van der Waals surface area (Å²) in [6, 6.07) is 4.64. The van der Waals surface area contributed by atoms with E-state index in [2.05, 4.69) is 59.0 Å². The Hall–Kier alpha value is -0.340. The summed E-state index contributed by atoms with van der Waals surface area (Å²) in [5.74, 6) is 0. The quantitative estimate of drug-likeness (QED) is 0.651. The van der Waals surface area contributed by atoms with E-state index >= 15 is 0 Å². The van der Waals surface area contributed by atoms with Crippen LogP contribution in [0.15, 0.2) is 12.1 Å². The topological polar surface area (TPSA) is 12.0 Å². The lowest BCUT2D eigenvalue weighted by molar-refractivity contribution is 0.416. The molecule has 1 N–H and O–H groups in total. The largest absolute Gasteiger partial charge is 0.312 e. The molecule has 1 aromatic rings. The van der Waals surface area contributed by atoms with Crippen LogP contribution in [0.25, 0.3) is 0 Å². The first-order chi connectivity index (χ1) is 9.18. The summed E-state index contributed by atoms with van der Waals surface area (Å²) in [5, 5.41) is 3.55. The van der Waals surface area contributed by atoms with E-state index in [1.165, 1.54) is 37.0 Å². The van der Waals surface area contributed by atoms with Gasteiger partial charge in [-0.15, -0.1) is 11.3 Å². The predicted molar refractivity (Wildman–Crippen MR) is 92.9 cm³/mol. The second-order valence-corrected chi connectivity index (χ2v) is 9.03. The fourth-order valence-electron chi connectivity index (χ4n) is 2.16. The van der Waals surface area contributed by atoms with Gasteiger partial charge in [0.25, 0.3) is 0 Å². The molecule has 0 saturated carbocycles. The Balaban J connectivity index is 2.11. The van der Waals surface area contributed by atoms with Crippen molar-refractivity contribution in [2.45, 2.75) is 84.6 Å². The van der Waals surface area contributed by atoms with Crippen molar-refractivity contribution in [2.24, 2.45) is 0 Å². The highest BCUT2D eigenvalue weighted by Gasteiger charge is 2.15. The van der Waals surface area contributed by atoms with E-state index in [0.29, 0.717) is 5.41 Å². The van der Waals surface area contributed by atoms with Gasteiger partial charge in [0, 0.05) is 15.3 Å². The number of hydrogen-bond acceptors (Lipinski definition) is 2. The number of rotatable bonds is 7. The van der Waals surface area contributed by atoms with Crippen LogP contribution in [-0.2, 0) is 11.8 Å². The van der Waals surface area contributed by atoms with Crippen LogP contribution in [0.5, 0.6) is 0 Å². The minimum Gasteiger partial charge on any atom is -0.312 e. The molecule has 0 atom stereocenters. The molecular weight excluding hydrogens is 262 g/mol. The van der Waals surface area contributed by atoms with Gasteiger partial charge in [-0.1, -0.05) is 33.6 Å². The van der Waals surface area contributed by atoms with Crippen LogP contribution in [-0.4, -0.2) is 12.1 Å². The molecular formula is C18H33NS. The second kappa shape index (κ2) is 7.61. The van der Waals surface area contributed by atoms with E-state index < -0.39 is 0 Å². The van der Waals surface area contributed by atoms with E-state index in [1.54, 1.807) is 4.88 Å². The Bertz CT molecular complexity index is 379. The molecule has 116 valence electrons. The summed E-state index contributed by atoms with van der Waals surface area (Å²) in [6.07, 6.45) is 6.59. The molecule has 1 heterocycles. The van der Waals surface area contributed by atoms with Crippen molar-refractivity contribution in [2.75, 3.05) is 6.54 Å².